The molecular weight excluding hydrogens is 362 g/mol. The van der Waals surface area contributed by atoms with E-state index in [1.165, 1.54) is 24.3 Å². The van der Waals surface area contributed by atoms with Gasteiger partial charge in [-0.05, 0) is 18.6 Å². The smallest absolute Gasteiger partial charge is 0.387 e. The van der Waals surface area contributed by atoms with Crippen molar-refractivity contribution in [2.75, 3.05) is 6.61 Å². The number of para-hydroxylation sites is 3. The molecule has 27 heavy (non-hydrogen) atoms. The Kier molecular flexibility index (Phi) is 7.04. The van der Waals surface area contributed by atoms with E-state index in [1.54, 1.807) is 31.2 Å². The number of carbonyl (C=O) groups excluding carboxylic acids is 1. The van der Waals surface area contributed by atoms with Crippen molar-refractivity contribution >= 4 is 11.6 Å². The van der Waals surface area contributed by atoms with Crippen molar-refractivity contribution in [3.8, 4) is 11.5 Å². The van der Waals surface area contributed by atoms with E-state index >= 15 is 0 Å². The minimum atomic E-state index is -2.98. The van der Waals surface area contributed by atoms with Crippen LogP contribution in [0.2, 0.25) is 0 Å². The Morgan fingerprint density at radius 2 is 1.78 bits per heavy atom. The molecule has 1 atom stereocenters. The molecule has 0 saturated heterocycles. The molecule has 0 saturated carbocycles. The molecule has 144 valence electrons. The first-order valence-electron chi connectivity index (χ1n) is 8.11. The zero-order valence-corrected chi connectivity index (χ0v) is 14.4. The summed E-state index contributed by atoms with van der Waals surface area (Å²) in [5.74, 6) is -0.613. The molecule has 0 aliphatic carbocycles. The highest BCUT2D eigenvalue weighted by atomic mass is 19.3. The van der Waals surface area contributed by atoms with Gasteiger partial charge in [-0.25, -0.2) is 0 Å². The number of hydrogen-bond acceptors (Lipinski definition) is 5. The maximum Gasteiger partial charge on any atom is 0.387 e. The number of alkyl halides is 2. The third-order valence-electron chi connectivity index (χ3n) is 3.67. The molecule has 9 heteroatoms. The van der Waals surface area contributed by atoms with Gasteiger partial charge in [0.25, 0.3) is 5.91 Å². The van der Waals surface area contributed by atoms with Gasteiger partial charge in [0, 0.05) is 11.6 Å². The monoisotopic (exact) mass is 380 g/mol. The van der Waals surface area contributed by atoms with Gasteiger partial charge in [0.1, 0.15) is 5.75 Å². The van der Waals surface area contributed by atoms with Crippen LogP contribution >= 0.6 is 0 Å². The summed E-state index contributed by atoms with van der Waals surface area (Å²) in [4.78, 5) is 22.5. The van der Waals surface area contributed by atoms with Crippen molar-refractivity contribution < 1.29 is 28.0 Å². The first-order valence-corrected chi connectivity index (χ1v) is 8.11. The number of rotatable bonds is 9. The topological polar surface area (TPSA) is 90.7 Å². The molecule has 0 aliphatic rings. The minimum Gasteiger partial charge on any atom is -0.477 e. The van der Waals surface area contributed by atoms with Crippen LogP contribution in [0.4, 0.5) is 14.5 Å². The average molecular weight is 380 g/mol. The first kappa shape index (κ1) is 20.1. The van der Waals surface area contributed by atoms with Crippen molar-refractivity contribution in [2.24, 2.45) is 0 Å². The lowest BCUT2D eigenvalue weighted by molar-refractivity contribution is -0.385. The maximum atomic E-state index is 12.6. The molecule has 1 amide bonds. The van der Waals surface area contributed by atoms with Gasteiger partial charge >= 0.3 is 12.3 Å². The minimum absolute atomic E-state index is 0.0285. The largest absolute Gasteiger partial charge is 0.477 e. The Bertz CT molecular complexity index is 801. The molecule has 2 rings (SSSR count). The molecule has 1 unspecified atom stereocenters. The number of halogens is 2. The number of ether oxygens (including phenoxy) is 2. The fourth-order valence-corrected chi connectivity index (χ4v) is 2.48. The van der Waals surface area contributed by atoms with Crippen LogP contribution in [0.1, 0.15) is 24.9 Å². The van der Waals surface area contributed by atoms with Gasteiger partial charge in [0.05, 0.1) is 11.0 Å². The summed E-state index contributed by atoms with van der Waals surface area (Å²) in [6.07, 6.45) is 0.417. The molecular formula is C18H18F2N2O5. The Morgan fingerprint density at radius 1 is 1.15 bits per heavy atom. The summed E-state index contributed by atoms with van der Waals surface area (Å²) in [6.45, 7) is -1.67. The van der Waals surface area contributed by atoms with E-state index in [0.717, 1.165) is 0 Å². The number of benzene rings is 2. The van der Waals surface area contributed by atoms with Gasteiger partial charge in [-0.3, -0.25) is 14.9 Å². The predicted octanol–water partition coefficient (Wildman–Crippen LogP) is 3.84. The molecule has 2 aromatic carbocycles. The second kappa shape index (κ2) is 9.46. The Balaban J connectivity index is 2.05. The third-order valence-corrected chi connectivity index (χ3v) is 3.67. The van der Waals surface area contributed by atoms with Crippen LogP contribution in [-0.4, -0.2) is 24.0 Å². The molecule has 2 aromatic rings. The van der Waals surface area contributed by atoms with Crippen LogP contribution in [-0.2, 0) is 4.79 Å². The summed E-state index contributed by atoms with van der Waals surface area (Å²) in [7, 11) is 0. The number of hydrogen-bond donors (Lipinski definition) is 1. The molecule has 0 radical (unpaired) electrons. The third kappa shape index (κ3) is 5.63. The number of nitro groups is 1. The number of nitrogens with zero attached hydrogens (tertiary/aromatic N) is 1. The predicted molar refractivity (Wildman–Crippen MR) is 92.8 cm³/mol. The van der Waals surface area contributed by atoms with Crippen LogP contribution < -0.4 is 14.8 Å². The fraction of sp³-hybridized carbons (Fsp3) is 0.278. The van der Waals surface area contributed by atoms with Gasteiger partial charge in [-0.15, -0.1) is 0 Å². The van der Waals surface area contributed by atoms with Gasteiger partial charge in [0.15, 0.2) is 12.4 Å². The van der Waals surface area contributed by atoms with E-state index in [4.69, 9.17) is 4.74 Å². The van der Waals surface area contributed by atoms with Crippen molar-refractivity contribution in [3.63, 3.8) is 0 Å². The van der Waals surface area contributed by atoms with E-state index in [-0.39, 0.29) is 17.2 Å². The van der Waals surface area contributed by atoms with E-state index < -0.39 is 30.1 Å². The van der Waals surface area contributed by atoms with Crippen LogP contribution in [0.5, 0.6) is 11.5 Å². The second-order valence-corrected chi connectivity index (χ2v) is 5.46. The Hall–Kier alpha value is -3.23. The number of nitrogens with one attached hydrogen (secondary N) is 1. The van der Waals surface area contributed by atoms with Gasteiger partial charge in [-0.1, -0.05) is 37.3 Å². The molecule has 1 N–H and O–H groups in total. The molecule has 0 aliphatic heterocycles. The molecule has 0 fully saturated rings. The normalized spacial score (nSPS) is 11.7. The quantitative estimate of drug-likeness (QED) is 0.527. The van der Waals surface area contributed by atoms with Gasteiger partial charge in [0.2, 0.25) is 0 Å². The SMILES string of the molecule is CCC(NC(=O)COc1ccccc1[N+](=O)[O-])c1ccccc1OC(F)F. The van der Waals surface area contributed by atoms with Crippen molar-refractivity contribution in [1.29, 1.82) is 0 Å². The molecule has 0 bridgehead atoms. The highest BCUT2D eigenvalue weighted by Crippen LogP contribution is 2.29. The summed E-state index contributed by atoms with van der Waals surface area (Å²) < 4.78 is 34.8. The van der Waals surface area contributed by atoms with Crippen LogP contribution in [0.25, 0.3) is 0 Å². The number of carbonyl (C=O) groups is 1. The Labute approximate surface area is 154 Å². The zero-order chi connectivity index (χ0) is 19.8. The zero-order valence-electron chi connectivity index (χ0n) is 14.4. The molecule has 7 nitrogen and oxygen atoms in total. The second-order valence-electron chi connectivity index (χ2n) is 5.46. The summed E-state index contributed by atoms with van der Waals surface area (Å²) in [5.41, 5.74) is 0.146. The van der Waals surface area contributed by atoms with Crippen molar-refractivity contribution in [2.45, 2.75) is 26.0 Å². The first-order chi connectivity index (χ1) is 12.9. The lowest BCUT2D eigenvalue weighted by Gasteiger charge is -2.20. The summed E-state index contributed by atoms with van der Waals surface area (Å²) >= 11 is 0. The molecule has 0 heterocycles. The molecule has 0 spiro atoms. The lowest BCUT2D eigenvalue weighted by Crippen LogP contribution is -2.32. The van der Waals surface area contributed by atoms with E-state index in [0.29, 0.717) is 12.0 Å². The van der Waals surface area contributed by atoms with E-state index in [2.05, 4.69) is 10.1 Å². The summed E-state index contributed by atoms with van der Waals surface area (Å²) in [5, 5.41) is 13.6. The van der Waals surface area contributed by atoms with Crippen LogP contribution in [0.15, 0.2) is 48.5 Å². The van der Waals surface area contributed by atoms with Gasteiger partial charge < -0.3 is 14.8 Å². The standard InChI is InChI=1S/C18H18F2N2O5/c1-2-13(12-7-3-5-9-15(12)27-18(19)20)21-17(23)11-26-16-10-6-4-8-14(16)22(24)25/h3-10,13,18H,2,11H2,1H3,(H,21,23). The fourth-order valence-electron chi connectivity index (χ4n) is 2.48. The number of amides is 1. The highest BCUT2D eigenvalue weighted by Gasteiger charge is 2.20. The summed E-state index contributed by atoms with van der Waals surface area (Å²) in [6, 6.07) is 11.3. The average Bonchev–Trinajstić information content (AvgIpc) is 2.64. The molecule has 0 aromatic heterocycles. The van der Waals surface area contributed by atoms with Crippen molar-refractivity contribution in [3.05, 3.63) is 64.2 Å². The van der Waals surface area contributed by atoms with E-state index in [9.17, 15) is 23.7 Å². The van der Waals surface area contributed by atoms with Gasteiger partial charge in [-0.2, -0.15) is 8.78 Å². The van der Waals surface area contributed by atoms with E-state index in [1.807, 2.05) is 0 Å². The Morgan fingerprint density at radius 3 is 2.41 bits per heavy atom. The van der Waals surface area contributed by atoms with Crippen molar-refractivity contribution in [1.82, 2.24) is 5.32 Å². The maximum absolute atomic E-state index is 12.6. The highest BCUT2D eigenvalue weighted by molar-refractivity contribution is 5.78. The lowest BCUT2D eigenvalue weighted by atomic mass is 10.0. The van der Waals surface area contributed by atoms with Crippen LogP contribution in [0.3, 0.4) is 0 Å². The number of nitro benzene ring substituents is 1. The van der Waals surface area contributed by atoms with Crippen LogP contribution in [0, 0.1) is 10.1 Å².